The molecule has 2 aromatic rings. The SMILES string of the molecule is NCc1ccnc(S(=O)(=O)CC2CC(c3ccccc3)CN(S(=O)(=O)N3CCOCC3)C2)c1.O=C(O)C(F)(F)F. The third kappa shape index (κ3) is 8.44. The molecule has 2 saturated heterocycles. The molecule has 0 aliphatic carbocycles. The fourth-order valence-electron chi connectivity index (χ4n) is 4.52. The lowest BCUT2D eigenvalue weighted by Crippen LogP contribution is -2.53. The molecular weight excluding hydrogens is 577 g/mol. The number of pyridine rings is 1. The summed E-state index contributed by atoms with van der Waals surface area (Å²) in [6.45, 7) is 2.00. The van der Waals surface area contributed by atoms with Gasteiger partial charge in [-0.05, 0) is 41.5 Å². The summed E-state index contributed by atoms with van der Waals surface area (Å²) in [7, 11) is -7.44. The molecule has 1 aromatic heterocycles. The number of carbonyl (C=O) groups is 1. The molecule has 40 heavy (non-hydrogen) atoms. The van der Waals surface area contributed by atoms with Gasteiger partial charge in [0, 0.05) is 38.9 Å². The highest BCUT2D eigenvalue weighted by Crippen LogP contribution is 2.34. The van der Waals surface area contributed by atoms with Crippen molar-refractivity contribution in [2.45, 2.75) is 30.1 Å². The predicted molar refractivity (Wildman–Crippen MR) is 138 cm³/mol. The Morgan fingerprint density at radius 3 is 2.25 bits per heavy atom. The molecule has 11 nitrogen and oxygen atoms in total. The van der Waals surface area contributed by atoms with E-state index >= 15 is 0 Å². The van der Waals surface area contributed by atoms with E-state index in [1.54, 1.807) is 6.07 Å². The molecule has 0 bridgehead atoms. The monoisotopic (exact) mass is 608 g/mol. The summed E-state index contributed by atoms with van der Waals surface area (Å²) in [6, 6.07) is 12.8. The number of nitrogens with zero attached hydrogens (tertiary/aromatic N) is 3. The van der Waals surface area contributed by atoms with Crippen LogP contribution in [0.2, 0.25) is 0 Å². The highest BCUT2D eigenvalue weighted by atomic mass is 32.2. The van der Waals surface area contributed by atoms with Crippen molar-refractivity contribution in [3.05, 3.63) is 59.8 Å². The maximum Gasteiger partial charge on any atom is 0.490 e. The number of nitrogens with two attached hydrogens (primary N) is 1. The molecule has 222 valence electrons. The lowest BCUT2D eigenvalue weighted by atomic mass is 9.86. The van der Waals surface area contributed by atoms with Crippen LogP contribution in [-0.4, -0.2) is 92.8 Å². The first kappa shape index (κ1) is 31.9. The van der Waals surface area contributed by atoms with Crippen LogP contribution in [0, 0.1) is 5.92 Å². The Hall–Kier alpha value is -2.63. The predicted octanol–water partition coefficient (Wildman–Crippen LogP) is 1.63. The van der Waals surface area contributed by atoms with Crippen LogP contribution in [0.3, 0.4) is 0 Å². The molecule has 0 saturated carbocycles. The number of rotatable bonds is 7. The zero-order chi connectivity index (χ0) is 29.6. The minimum atomic E-state index is -5.08. The quantitative estimate of drug-likeness (QED) is 0.476. The van der Waals surface area contributed by atoms with Crippen LogP contribution >= 0.6 is 0 Å². The van der Waals surface area contributed by atoms with Crippen LogP contribution in [0.15, 0.2) is 53.7 Å². The van der Waals surface area contributed by atoms with E-state index in [9.17, 15) is 30.0 Å². The van der Waals surface area contributed by atoms with E-state index in [4.69, 9.17) is 20.4 Å². The summed E-state index contributed by atoms with van der Waals surface area (Å²) in [4.78, 5) is 12.9. The molecule has 0 spiro atoms. The maximum atomic E-state index is 13.4. The minimum absolute atomic E-state index is 0.0186. The number of carboxylic acids is 1. The molecule has 3 heterocycles. The second-order valence-corrected chi connectivity index (χ2v) is 13.2. The number of hydrogen-bond donors (Lipinski definition) is 2. The highest BCUT2D eigenvalue weighted by molar-refractivity contribution is 7.91. The Morgan fingerprint density at radius 2 is 1.68 bits per heavy atom. The average Bonchev–Trinajstić information content (AvgIpc) is 2.93. The molecular formula is C24H31F3N4O7S2. The Bertz CT molecular complexity index is 1350. The molecule has 16 heteroatoms. The third-order valence-corrected chi connectivity index (χ3v) is 10.2. The van der Waals surface area contributed by atoms with Gasteiger partial charge in [0.2, 0.25) is 0 Å². The summed E-state index contributed by atoms with van der Waals surface area (Å²) >= 11 is 0. The topological polar surface area (TPSA) is 160 Å². The van der Waals surface area contributed by atoms with Gasteiger partial charge in [0.05, 0.1) is 19.0 Å². The Kier molecular flexibility index (Phi) is 10.6. The number of aliphatic carboxylic acids is 1. The maximum absolute atomic E-state index is 13.4. The largest absolute Gasteiger partial charge is 0.490 e. The van der Waals surface area contributed by atoms with Crippen LogP contribution < -0.4 is 5.73 Å². The fraction of sp³-hybridized carbons (Fsp3) is 0.500. The molecule has 0 radical (unpaired) electrons. The molecule has 3 N–H and O–H groups in total. The van der Waals surface area contributed by atoms with Crippen molar-refractivity contribution < 1.29 is 44.6 Å². The molecule has 4 rings (SSSR count). The van der Waals surface area contributed by atoms with Gasteiger partial charge >= 0.3 is 12.1 Å². The first-order valence-electron chi connectivity index (χ1n) is 12.3. The van der Waals surface area contributed by atoms with E-state index in [2.05, 4.69) is 4.98 Å². The van der Waals surface area contributed by atoms with Gasteiger partial charge in [-0.15, -0.1) is 0 Å². The zero-order valence-electron chi connectivity index (χ0n) is 21.4. The number of hydrogen-bond acceptors (Lipinski definition) is 8. The lowest BCUT2D eigenvalue weighted by molar-refractivity contribution is -0.192. The van der Waals surface area contributed by atoms with Crippen molar-refractivity contribution in [1.29, 1.82) is 0 Å². The van der Waals surface area contributed by atoms with E-state index in [0.29, 0.717) is 44.8 Å². The van der Waals surface area contributed by atoms with Gasteiger partial charge in [0.25, 0.3) is 10.2 Å². The Morgan fingerprint density at radius 1 is 1.05 bits per heavy atom. The number of carboxylic acid groups (broad SMARTS) is 1. The second kappa shape index (κ2) is 13.4. The molecule has 2 atom stereocenters. The number of morpholine rings is 1. The van der Waals surface area contributed by atoms with Crippen LogP contribution in [0.1, 0.15) is 23.5 Å². The Balaban J connectivity index is 0.000000559. The number of piperidine rings is 1. The first-order valence-corrected chi connectivity index (χ1v) is 15.3. The smallest absolute Gasteiger partial charge is 0.475 e. The third-order valence-electron chi connectivity index (χ3n) is 6.45. The van der Waals surface area contributed by atoms with Crippen LogP contribution in [-0.2, 0) is 36.1 Å². The van der Waals surface area contributed by atoms with Gasteiger partial charge in [-0.1, -0.05) is 30.3 Å². The van der Waals surface area contributed by atoms with Gasteiger partial charge in [-0.3, -0.25) is 0 Å². The van der Waals surface area contributed by atoms with Gasteiger partial charge < -0.3 is 15.6 Å². The van der Waals surface area contributed by atoms with Crippen molar-refractivity contribution in [1.82, 2.24) is 13.6 Å². The zero-order valence-corrected chi connectivity index (χ0v) is 23.0. The Labute approximate surface area is 230 Å². The van der Waals surface area contributed by atoms with Gasteiger partial charge in [-0.2, -0.15) is 30.2 Å². The average molecular weight is 609 g/mol. The van der Waals surface area contributed by atoms with Crippen molar-refractivity contribution in [3.63, 3.8) is 0 Å². The number of sulfone groups is 1. The first-order chi connectivity index (χ1) is 18.7. The summed E-state index contributed by atoms with van der Waals surface area (Å²) in [5.41, 5.74) is 7.35. The number of ether oxygens (including phenoxy) is 1. The molecule has 2 aliphatic heterocycles. The van der Waals surface area contributed by atoms with E-state index in [1.807, 2.05) is 30.3 Å². The fourth-order valence-corrected chi connectivity index (χ4v) is 7.81. The lowest BCUT2D eigenvalue weighted by Gasteiger charge is -2.40. The molecule has 1 aromatic carbocycles. The molecule has 2 unspecified atom stereocenters. The minimum Gasteiger partial charge on any atom is -0.475 e. The summed E-state index contributed by atoms with van der Waals surface area (Å²) in [5, 5.41) is 7.11. The van der Waals surface area contributed by atoms with Crippen LogP contribution in [0.5, 0.6) is 0 Å². The van der Waals surface area contributed by atoms with Gasteiger partial charge in [-0.25, -0.2) is 18.2 Å². The number of alkyl halides is 3. The van der Waals surface area contributed by atoms with Crippen molar-refractivity contribution in [2.24, 2.45) is 11.7 Å². The summed E-state index contributed by atoms with van der Waals surface area (Å²) < 4.78 is 93.1. The molecule has 2 aliphatic rings. The van der Waals surface area contributed by atoms with Crippen LogP contribution in [0.4, 0.5) is 13.2 Å². The van der Waals surface area contributed by atoms with Crippen molar-refractivity contribution in [3.8, 4) is 0 Å². The number of benzene rings is 1. The van der Waals surface area contributed by atoms with Gasteiger partial charge in [0.1, 0.15) is 0 Å². The van der Waals surface area contributed by atoms with Crippen molar-refractivity contribution in [2.75, 3.05) is 45.1 Å². The second-order valence-electron chi connectivity index (χ2n) is 9.34. The number of aromatic nitrogens is 1. The van der Waals surface area contributed by atoms with Crippen LogP contribution in [0.25, 0.3) is 0 Å². The van der Waals surface area contributed by atoms with E-state index < -0.39 is 32.2 Å². The summed E-state index contributed by atoms with van der Waals surface area (Å²) in [5.74, 6) is -3.40. The normalized spacial score (nSPS) is 21.3. The van der Waals surface area contributed by atoms with Gasteiger partial charge in [0.15, 0.2) is 14.9 Å². The van der Waals surface area contributed by atoms with E-state index in [-0.39, 0.29) is 35.7 Å². The summed E-state index contributed by atoms with van der Waals surface area (Å²) in [6.07, 6.45) is -3.06. The highest BCUT2D eigenvalue weighted by Gasteiger charge is 2.40. The number of halogens is 3. The molecule has 0 amide bonds. The van der Waals surface area contributed by atoms with Crippen molar-refractivity contribution >= 4 is 26.0 Å². The molecule has 2 fully saturated rings. The van der Waals surface area contributed by atoms with E-state index in [0.717, 1.165) is 5.56 Å². The standard InChI is InChI=1S/C22H30N4O5S2.C2HF3O2/c23-14-18-6-7-24-22(13-18)32(27,28)17-19-12-21(20-4-2-1-3-5-20)16-26(15-19)33(29,30)25-8-10-31-11-9-25;3-2(4,5)1(6)7/h1-7,13,19,21H,8-12,14-17,23H2;(H,6,7). The van der Waals surface area contributed by atoms with E-state index in [1.165, 1.54) is 20.9 Å².